The van der Waals surface area contributed by atoms with E-state index in [-0.39, 0.29) is 11.8 Å². The number of nitrogens with two attached hydrogens (primary N) is 1. The Morgan fingerprint density at radius 3 is 2.75 bits per heavy atom. The van der Waals surface area contributed by atoms with Crippen molar-refractivity contribution >= 4 is 28.9 Å². The molecule has 1 aliphatic rings. The molecule has 0 spiro atoms. The van der Waals surface area contributed by atoms with Crippen molar-refractivity contribution in [1.29, 1.82) is 0 Å². The Bertz CT molecular complexity index is 660. The van der Waals surface area contributed by atoms with Crippen LogP contribution in [0.2, 0.25) is 10.0 Å². The summed E-state index contributed by atoms with van der Waals surface area (Å²) in [7, 11) is 0. The number of phenolic OH excluding ortho intramolecular Hbond substituents is 1. The van der Waals surface area contributed by atoms with Crippen molar-refractivity contribution in [3.8, 4) is 5.75 Å². The van der Waals surface area contributed by atoms with Crippen molar-refractivity contribution in [2.24, 2.45) is 5.73 Å². The molecule has 1 unspecified atom stereocenters. The summed E-state index contributed by atoms with van der Waals surface area (Å²) in [5.41, 5.74) is 8.96. The molecule has 0 bridgehead atoms. The van der Waals surface area contributed by atoms with Crippen LogP contribution in [0.3, 0.4) is 0 Å². The molecule has 2 aromatic carbocycles. The minimum Gasteiger partial charge on any atom is -0.508 e. The van der Waals surface area contributed by atoms with Crippen LogP contribution < -0.4 is 10.6 Å². The lowest BCUT2D eigenvalue weighted by Crippen LogP contribution is -2.27. The molecular weight excluding hydrogens is 295 g/mol. The van der Waals surface area contributed by atoms with E-state index in [1.165, 1.54) is 0 Å². The summed E-state index contributed by atoms with van der Waals surface area (Å²) < 4.78 is 0. The van der Waals surface area contributed by atoms with Gasteiger partial charge in [0, 0.05) is 24.8 Å². The standard InChI is InChI=1S/C15H14Cl2N2O/c16-13-5-4-11-12(15(13)17)8-19(14(11)7-18)9-2-1-3-10(20)6-9/h1-6,14,20H,7-8,18H2. The van der Waals surface area contributed by atoms with E-state index in [0.717, 1.165) is 16.8 Å². The molecule has 1 atom stereocenters. The highest BCUT2D eigenvalue weighted by molar-refractivity contribution is 6.42. The highest BCUT2D eigenvalue weighted by atomic mass is 35.5. The third kappa shape index (κ3) is 2.12. The van der Waals surface area contributed by atoms with Gasteiger partial charge in [-0.25, -0.2) is 0 Å². The Kier molecular flexibility index (Phi) is 3.50. The van der Waals surface area contributed by atoms with E-state index >= 15 is 0 Å². The largest absolute Gasteiger partial charge is 0.508 e. The average molecular weight is 309 g/mol. The van der Waals surface area contributed by atoms with Crippen LogP contribution in [0.5, 0.6) is 5.75 Å². The molecule has 0 radical (unpaired) electrons. The number of hydrogen-bond acceptors (Lipinski definition) is 3. The van der Waals surface area contributed by atoms with Gasteiger partial charge in [-0.3, -0.25) is 0 Å². The monoisotopic (exact) mass is 308 g/mol. The zero-order valence-corrected chi connectivity index (χ0v) is 12.2. The number of aromatic hydroxyl groups is 1. The second-order valence-electron chi connectivity index (χ2n) is 4.83. The molecule has 1 heterocycles. The summed E-state index contributed by atoms with van der Waals surface area (Å²) in [6, 6.07) is 11.0. The van der Waals surface area contributed by atoms with Gasteiger partial charge >= 0.3 is 0 Å². The number of halogens is 2. The van der Waals surface area contributed by atoms with Gasteiger partial charge in [0.2, 0.25) is 0 Å². The van der Waals surface area contributed by atoms with Gasteiger partial charge in [0.25, 0.3) is 0 Å². The van der Waals surface area contributed by atoms with Gasteiger partial charge in [-0.1, -0.05) is 35.3 Å². The van der Waals surface area contributed by atoms with Gasteiger partial charge in [0.05, 0.1) is 16.1 Å². The summed E-state index contributed by atoms with van der Waals surface area (Å²) in [5.74, 6) is 0.235. The fourth-order valence-electron chi connectivity index (χ4n) is 2.73. The highest BCUT2D eigenvalue weighted by Crippen LogP contribution is 2.42. The number of rotatable bonds is 2. The maximum atomic E-state index is 9.64. The van der Waals surface area contributed by atoms with Crippen molar-refractivity contribution in [1.82, 2.24) is 0 Å². The third-order valence-electron chi connectivity index (χ3n) is 3.68. The van der Waals surface area contributed by atoms with Gasteiger partial charge in [0.1, 0.15) is 5.75 Å². The van der Waals surface area contributed by atoms with E-state index in [0.29, 0.717) is 23.1 Å². The third-order valence-corrected chi connectivity index (χ3v) is 4.52. The van der Waals surface area contributed by atoms with Crippen LogP contribution in [0, 0.1) is 0 Å². The topological polar surface area (TPSA) is 49.5 Å². The maximum absolute atomic E-state index is 9.64. The predicted octanol–water partition coefficient (Wildman–Crippen LogP) is 3.72. The minimum atomic E-state index is 0.0431. The number of nitrogens with zero attached hydrogens (tertiary/aromatic N) is 1. The molecule has 1 aliphatic heterocycles. The molecule has 0 aromatic heterocycles. The normalized spacial score (nSPS) is 17.4. The molecule has 3 rings (SSSR count). The summed E-state index contributed by atoms with van der Waals surface area (Å²) >= 11 is 12.4. The molecule has 104 valence electrons. The van der Waals surface area contributed by atoms with Gasteiger partial charge in [-0.15, -0.1) is 0 Å². The van der Waals surface area contributed by atoms with E-state index in [9.17, 15) is 5.11 Å². The second kappa shape index (κ2) is 5.17. The fourth-order valence-corrected chi connectivity index (χ4v) is 3.13. The molecule has 5 heteroatoms. The summed E-state index contributed by atoms with van der Waals surface area (Å²) in [4.78, 5) is 2.13. The molecular formula is C15H14Cl2N2O. The van der Waals surface area contributed by atoms with Gasteiger partial charge in [-0.2, -0.15) is 0 Å². The highest BCUT2D eigenvalue weighted by Gasteiger charge is 2.31. The molecule has 0 amide bonds. The van der Waals surface area contributed by atoms with Gasteiger partial charge in [0.15, 0.2) is 0 Å². The van der Waals surface area contributed by atoms with Crippen LogP contribution in [-0.2, 0) is 6.54 Å². The lowest BCUT2D eigenvalue weighted by atomic mass is 10.0. The van der Waals surface area contributed by atoms with Gasteiger partial charge in [-0.05, 0) is 29.3 Å². The quantitative estimate of drug-likeness (QED) is 0.889. The van der Waals surface area contributed by atoms with Crippen LogP contribution in [0.4, 0.5) is 5.69 Å². The Morgan fingerprint density at radius 1 is 1.25 bits per heavy atom. The summed E-state index contributed by atoms with van der Waals surface area (Å²) in [6.07, 6.45) is 0. The summed E-state index contributed by atoms with van der Waals surface area (Å²) in [6.45, 7) is 1.11. The Balaban J connectivity index is 2.06. The first-order valence-corrected chi connectivity index (χ1v) is 7.10. The van der Waals surface area contributed by atoms with E-state index in [4.69, 9.17) is 28.9 Å². The van der Waals surface area contributed by atoms with Crippen molar-refractivity contribution in [3.05, 3.63) is 57.6 Å². The summed E-state index contributed by atoms with van der Waals surface area (Å²) in [5, 5.41) is 10.8. The first-order chi connectivity index (χ1) is 9.61. The van der Waals surface area contributed by atoms with Crippen molar-refractivity contribution < 1.29 is 5.11 Å². The number of fused-ring (bicyclic) bond motifs is 1. The first kappa shape index (κ1) is 13.6. The Hall–Kier alpha value is -1.42. The SMILES string of the molecule is NCC1c2ccc(Cl)c(Cl)c2CN1c1cccc(O)c1. The zero-order chi connectivity index (χ0) is 14.3. The molecule has 3 nitrogen and oxygen atoms in total. The van der Waals surface area contributed by atoms with Crippen LogP contribution in [0.1, 0.15) is 17.2 Å². The smallest absolute Gasteiger partial charge is 0.117 e. The Labute approximate surface area is 127 Å². The van der Waals surface area contributed by atoms with E-state index < -0.39 is 0 Å². The van der Waals surface area contributed by atoms with E-state index in [2.05, 4.69) is 4.90 Å². The van der Waals surface area contributed by atoms with Crippen LogP contribution >= 0.6 is 23.2 Å². The lowest BCUT2D eigenvalue weighted by molar-refractivity contribution is 0.475. The minimum absolute atomic E-state index is 0.0431. The van der Waals surface area contributed by atoms with E-state index in [1.54, 1.807) is 18.2 Å². The molecule has 3 N–H and O–H groups in total. The number of benzene rings is 2. The fraction of sp³-hybridized carbons (Fsp3) is 0.200. The zero-order valence-electron chi connectivity index (χ0n) is 10.7. The average Bonchev–Trinajstić information content (AvgIpc) is 2.82. The molecule has 0 saturated carbocycles. The lowest BCUT2D eigenvalue weighted by Gasteiger charge is -2.26. The first-order valence-electron chi connectivity index (χ1n) is 6.34. The molecule has 0 aliphatic carbocycles. The molecule has 20 heavy (non-hydrogen) atoms. The second-order valence-corrected chi connectivity index (χ2v) is 5.61. The van der Waals surface area contributed by atoms with Gasteiger partial charge < -0.3 is 15.7 Å². The predicted molar refractivity (Wildman–Crippen MR) is 82.5 cm³/mol. The van der Waals surface area contributed by atoms with Crippen molar-refractivity contribution in [3.63, 3.8) is 0 Å². The molecule has 2 aromatic rings. The number of phenols is 1. The van der Waals surface area contributed by atoms with Crippen LogP contribution in [-0.4, -0.2) is 11.7 Å². The van der Waals surface area contributed by atoms with Crippen molar-refractivity contribution in [2.45, 2.75) is 12.6 Å². The molecule has 0 saturated heterocycles. The maximum Gasteiger partial charge on any atom is 0.117 e. The van der Waals surface area contributed by atoms with Crippen molar-refractivity contribution in [2.75, 3.05) is 11.4 Å². The van der Waals surface area contributed by atoms with Crippen LogP contribution in [0.25, 0.3) is 0 Å². The number of hydrogen-bond donors (Lipinski definition) is 2. The Morgan fingerprint density at radius 2 is 2.05 bits per heavy atom. The number of anilines is 1. The van der Waals surface area contributed by atoms with E-state index in [1.807, 2.05) is 18.2 Å². The molecule has 0 fully saturated rings. The van der Waals surface area contributed by atoms with Crippen LogP contribution in [0.15, 0.2) is 36.4 Å².